The van der Waals surface area contributed by atoms with E-state index < -0.39 is 0 Å². The van der Waals surface area contributed by atoms with Gasteiger partial charge in [0, 0.05) is 17.6 Å². The van der Waals surface area contributed by atoms with Gasteiger partial charge < -0.3 is 0 Å². The molecular weight excluding hydrogens is 206 g/mol. The van der Waals surface area contributed by atoms with Gasteiger partial charge in [-0.2, -0.15) is 0 Å². The maximum Gasteiger partial charge on any atom is 0.0187 e. The van der Waals surface area contributed by atoms with E-state index in [-0.39, 0.29) is 0 Å². The first-order chi connectivity index (χ1) is 8.10. The highest BCUT2D eigenvalue weighted by atomic mass is 15.3. The summed E-state index contributed by atoms with van der Waals surface area (Å²) in [6.07, 6.45) is 11.8. The minimum atomic E-state index is 0.602. The predicted octanol–water partition coefficient (Wildman–Crippen LogP) is 4.22. The van der Waals surface area contributed by atoms with E-state index in [1.807, 2.05) is 0 Å². The standard InChI is InChI=1S/C16H29N/c1-12-5-7-14-11-15(8-6-13(12)2)17(14)16(3)9-4-10-16/h12-15H,4-11H2,1-3H3. The van der Waals surface area contributed by atoms with Crippen molar-refractivity contribution in [1.29, 1.82) is 0 Å². The molecule has 0 radical (unpaired) electrons. The lowest BCUT2D eigenvalue weighted by molar-refractivity contribution is -0.113. The van der Waals surface area contributed by atoms with Gasteiger partial charge in [-0.3, -0.25) is 4.90 Å². The van der Waals surface area contributed by atoms with Gasteiger partial charge in [0.25, 0.3) is 0 Å². The predicted molar refractivity (Wildman–Crippen MR) is 73.1 cm³/mol. The summed E-state index contributed by atoms with van der Waals surface area (Å²) in [5.74, 6) is 1.90. The molecule has 4 atom stereocenters. The smallest absolute Gasteiger partial charge is 0.0187 e. The number of hydrogen-bond acceptors (Lipinski definition) is 1. The highest BCUT2D eigenvalue weighted by Gasteiger charge is 2.50. The Labute approximate surface area is 107 Å². The van der Waals surface area contributed by atoms with Crippen LogP contribution in [0, 0.1) is 11.8 Å². The Morgan fingerprint density at radius 3 is 1.82 bits per heavy atom. The van der Waals surface area contributed by atoms with Gasteiger partial charge in [-0.1, -0.05) is 13.8 Å². The number of rotatable bonds is 1. The first kappa shape index (κ1) is 12.0. The molecule has 4 rings (SSSR count). The van der Waals surface area contributed by atoms with E-state index in [0.717, 1.165) is 23.9 Å². The average Bonchev–Trinajstić information content (AvgIpc) is 2.32. The lowest BCUT2D eigenvalue weighted by atomic mass is 9.70. The number of nitrogens with zero attached hydrogens (tertiary/aromatic N) is 1. The van der Waals surface area contributed by atoms with Gasteiger partial charge >= 0.3 is 0 Å². The van der Waals surface area contributed by atoms with Crippen molar-refractivity contribution in [2.45, 2.75) is 89.8 Å². The fourth-order valence-corrected chi connectivity index (χ4v) is 4.52. The lowest BCUT2D eigenvalue weighted by Gasteiger charge is -2.61. The second-order valence-corrected chi connectivity index (χ2v) is 7.41. The molecule has 17 heavy (non-hydrogen) atoms. The maximum absolute atomic E-state index is 2.95. The number of hydrogen-bond donors (Lipinski definition) is 0. The van der Waals surface area contributed by atoms with Crippen LogP contribution in [-0.4, -0.2) is 22.5 Å². The monoisotopic (exact) mass is 235 g/mol. The van der Waals surface area contributed by atoms with Crippen LogP contribution in [0.15, 0.2) is 0 Å². The van der Waals surface area contributed by atoms with Crippen LogP contribution >= 0.6 is 0 Å². The molecule has 2 saturated carbocycles. The zero-order valence-corrected chi connectivity index (χ0v) is 11.9. The van der Waals surface area contributed by atoms with Gasteiger partial charge in [0.1, 0.15) is 0 Å². The zero-order chi connectivity index (χ0) is 12.0. The summed E-state index contributed by atoms with van der Waals surface area (Å²) in [6, 6.07) is 1.89. The lowest BCUT2D eigenvalue weighted by Crippen LogP contribution is -2.67. The van der Waals surface area contributed by atoms with Crippen molar-refractivity contribution >= 4 is 0 Å². The van der Waals surface area contributed by atoms with Gasteiger partial charge in [0.15, 0.2) is 0 Å². The Morgan fingerprint density at radius 2 is 1.41 bits per heavy atom. The Bertz CT molecular complexity index is 263. The Morgan fingerprint density at radius 1 is 0.882 bits per heavy atom. The largest absolute Gasteiger partial charge is 0.292 e. The van der Waals surface area contributed by atoms with Crippen molar-refractivity contribution in [2.75, 3.05) is 0 Å². The quantitative estimate of drug-likeness (QED) is 0.658. The fourth-order valence-electron chi connectivity index (χ4n) is 4.52. The molecule has 2 saturated heterocycles. The van der Waals surface area contributed by atoms with E-state index in [2.05, 4.69) is 25.7 Å². The molecule has 4 aliphatic rings. The first-order valence-corrected chi connectivity index (χ1v) is 7.88. The van der Waals surface area contributed by atoms with Crippen molar-refractivity contribution in [1.82, 2.24) is 4.90 Å². The molecule has 0 aromatic carbocycles. The van der Waals surface area contributed by atoms with Crippen LogP contribution in [0.3, 0.4) is 0 Å². The molecule has 0 aromatic rings. The molecule has 2 heterocycles. The van der Waals surface area contributed by atoms with Crippen LogP contribution in [0.4, 0.5) is 0 Å². The van der Waals surface area contributed by atoms with E-state index in [9.17, 15) is 0 Å². The third kappa shape index (κ3) is 1.95. The van der Waals surface area contributed by atoms with Gasteiger partial charge in [-0.25, -0.2) is 0 Å². The van der Waals surface area contributed by atoms with E-state index in [4.69, 9.17) is 0 Å². The van der Waals surface area contributed by atoms with Crippen molar-refractivity contribution in [3.8, 4) is 0 Å². The SMILES string of the molecule is CC1CCC2CC(CCC1C)N2C1(C)CCC1. The first-order valence-electron chi connectivity index (χ1n) is 7.88. The molecule has 0 aromatic heterocycles. The highest BCUT2D eigenvalue weighted by Crippen LogP contribution is 2.48. The Kier molecular flexibility index (Phi) is 3.01. The van der Waals surface area contributed by atoms with Crippen LogP contribution < -0.4 is 0 Å². The van der Waals surface area contributed by atoms with Gasteiger partial charge in [0.05, 0.1) is 0 Å². The molecule has 4 unspecified atom stereocenters. The third-order valence-corrected chi connectivity index (χ3v) is 6.27. The minimum absolute atomic E-state index is 0.602. The normalized spacial score (nSPS) is 46.1. The molecule has 0 amide bonds. The van der Waals surface area contributed by atoms with Crippen molar-refractivity contribution in [3.05, 3.63) is 0 Å². The molecule has 98 valence electrons. The summed E-state index contributed by atoms with van der Waals surface area (Å²) in [7, 11) is 0. The summed E-state index contributed by atoms with van der Waals surface area (Å²) in [4.78, 5) is 2.95. The molecule has 1 nitrogen and oxygen atoms in total. The van der Waals surface area contributed by atoms with Crippen molar-refractivity contribution in [2.24, 2.45) is 11.8 Å². The maximum atomic E-state index is 2.95. The molecule has 2 aliphatic carbocycles. The molecule has 0 N–H and O–H groups in total. The molecule has 2 aliphatic heterocycles. The van der Waals surface area contributed by atoms with Gasteiger partial charge in [0.2, 0.25) is 0 Å². The summed E-state index contributed by atoms with van der Waals surface area (Å²) in [6.45, 7) is 7.48. The molecular formula is C16H29N. The van der Waals surface area contributed by atoms with Crippen LogP contribution in [0.5, 0.6) is 0 Å². The molecule has 1 heteroatoms. The van der Waals surface area contributed by atoms with Crippen LogP contribution in [0.25, 0.3) is 0 Å². The zero-order valence-electron chi connectivity index (χ0n) is 11.9. The summed E-state index contributed by atoms with van der Waals surface area (Å²) < 4.78 is 0. The van der Waals surface area contributed by atoms with Crippen LogP contribution in [-0.2, 0) is 0 Å². The molecule has 2 bridgehead atoms. The molecule has 4 fully saturated rings. The summed E-state index contributed by atoms with van der Waals surface area (Å²) in [5, 5.41) is 0. The topological polar surface area (TPSA) is 3.24 Å². The Hall–Kier alpha value is -0.0400. The van der Waals surface area contributed by atoms with Crippen molar-refractivity contribution in [3.63, 3.8) is 0 Å². The van der Waals surface area contributed by atoms with Gasteiger partial charge in [-0.15, -0.1) is 0 Å². The fraction of sp³-hybridized carbons (Fsp3) is 1.00. The second-order valence-electron chi connectivity index (χ2n) is 7.41. The van der Waals surface area contributed by atoms with E-state index in [1.54, 1.807) is 0 Å². The van der Waals surface area contributed by atoms with E-state index in [0.29, 0.717) is 5.54 Å². The van der Waals surface area contributed by atoms with Crippen LogP contribution in [0.2, 0.25) is 0 Å². The Balaban J connectivity index is 1.71. The van der Waals surface area contributed by atoms with Crippen LogP contribution in [0.1, 0.15) is 72.1 Å². The third-order valence-electron chi connectivity index (χ3n) is 6.27. The van der Waals surface area contributed by atoms with Gasteiger partial charge in [-0.05, 0) is 70.1 Å². The minimum Gasteiger partial charge on any atom is -0.292 e. The van der Waals surface area contributed by atoms with E-state index in [1.165, 1.54) is 51.4 Å². The number of fused-ring (bicyclic) bond motifs is 5. The second kappa shape index (κ2) is 4.26. The highest BCUT2D eigenvalue weighted by molar-refractivity contribution is 5.06. The average molecular weight is 235 g/mol. The summed E-state index contributed by atoms with van der Waals surface area (Å²) >= 11 is 0. The van der Waals surface area contributed by atoms with E-state index >= 15 is 0 Å². The summed E-state index contributed by atoms with van der Waals surface area (Å²) in [5.41, 5.74) is 0.602. The molecule has 0 spiro atoms. The van der Waals surface area contributed by atoms with Crippen molar-refractivity contribution < 1.29 is 0 Å².